The highest BCUT2D eigenvalue weighted by atomic mass is 32.2. The predicted octanol–water partition coefficient (Wildman–Crippen LogP) is 1.39. The third-order valence-corrected chi connectivity index (χ3v) is 3.32. The molecule has 3 N–H and O–H groups in total. The lowest BCUT2D eigenvalue weighted by molar-refractivity contribution is 0.867. The number of H-pyrrole nitrogens is 1. The molecule has 0 radical (unpaired) electrons. The van der Waals surface area contributed by atoms with Crippen LogP contribution in [0.5, 0.6) is 0 Å². The van der Waals surface area contributed by atoms with Crippen LogP contribution in [0.2, 0.25) is 0 Å². The Hall–Kier alpha value is -0.390. The van der Waals surface area contributed by atoms with Gasteiger partial charge in [0.25, 0.3) is 0 Å². The number of aromatic amines is 1. The van der Waals surface area contributed by atoms with E-state index >= 15 is 0 Å². The molecule has 13 heavy (non-hydrogen) atoms. The Kier molecular flexibility index (Phi) is 2.66. The van der Waals surface area contributed by atoms with Gasteiger partial charge in [-0.15, -0.1) is 0 Å². The number of rotatable bonds is 1. The first kappa shape index (κ1) is 9.18. The molecule has 2 heterocycles. The van der Waals surface area contributed by atoms with Gasteiger partial charge in [0.2, 0.25) is 0 Å². The van der Waals surface area contributed by atoms with Gasteiger partial charge in [0, 0.05) is 23.6 Å². The van der Waals surface area contributed by atoms with Crippen LogP contribution < -0.4 is 5.73 Å². The SMILES string of the molecule is NCc1nc(=S)[nH]c2c1CSCC2. The van der Waals surface area contributed by atoms with Gasteiger partial charge in [0.05, 0.1) is 5.69 Å². The van der Waals surface area contributed by atoms with E-state index in [1.807, 2.05) is 11.8 Å². The van der Waals surface area contributed by atoms with E-state index in [4.69, 9.17) is 18.0 Å². The summed E-state index contributed by atoms with van der Waals surface area (Å²) in [6, 6.07) is 0. The highest BCUT2D eigenvalue weighted by Crippen LogP contribution is 2.24. The summed E-state index contributed by atoms with van der Waals surface area (Å²) in [6.07, 6.45) is 1.05. The minimum absolute atomic E-state index is 0.487. The van der Waals surface area contributed by atoms with Crippen molar-refractivity contribution in [2.45, 2.75) is 18.7 Å². The van der Waals surface area contributed by atoms with Gasteiger partial charge < -0.3 is 10.7 Å². The monoisotopic (exact) mass is 213 g/mol. The van der Waals surface area contributed by atoms with Crippen LogP contribution in [0.25, 0.3) is 0 Å². The average molecular weight is 213 g/mol. The first-order chi connectivity index (χ1) is 6.31. The second kappa shape index (κ2) is 3.77. The molecule has 0 unspecified atom stereocenters. The Morgan fingerprint density at radius 3 is 3.23 bits per heavy atom. The van der Waals surface area contributed by atoms with Crippen LogP contribution in [-0.2, 0) is 18.7 Å². The number of nitrogens with zero attached hydrogens (tertiary/aromatic N) is 1. The van der Waals surface area contributed by atoms with Crippen molar-refractivity contribution >= 4 is 24.0 Å². The Bertz CT molecular complexity index is 352. The Balaban J connectivity index is 2.57. The van der Waals surface area contributed by atoms with Gasteiger partial charge in [-0.2, -0.15) is 11.8 Å². The molecule has 1 aromatic heterocycles. The Labute approximate surface area is 86.1 Å². The summed E-state index contributed by atoms with van der Waals surface area (Å²) in [4.78, 5) is 7.36. The molecule has 0 bridgehead atoms. The topological polar surface area (TPSA) is 54.7 Å². The highest BCUT2D eigenvalue weighted by molar-refractivity contribution is 7.98. The number of aryl methyl sites for hydroxylation is 1. The minimum atomic E-state index is 0.487. The summed E-state index contributed by atoms with van der Waals surface area (Å²) in [6.45, 7) is 0.487. The number of hydrogen-bond acceptors (Lipinski definition) is 4. The second-order valence-corrected chi connectivity index (χ2v) is 4.44. The molecule has 0 fully saturated rings. The number of hydrogen-bond donors (Lipinski definition) is 2. The number of aromatic nitrogens is 2. The lowest BCUT2D eigenvalue weighted by Gasteiger charge is -2.17. The quantitative estimate of drug-likeness (QED) is 0.692. The van der Waals surface area contributed by atoms with Crippen molar-refractivity contribution in [3.05, 3.63) is 21.7 Å². The molecule has 2 rings (SSSR count). The number of nitrogens with two attached hydrogens (primary N) is 1. The smallest absolute Gasteiger partial charge is 0.197 e. The van der Waals surface area contributed by atoms with Gasteiger partial charge in [-0.3, -0.25) is 0 Å². The van der Waals surface area contributed by atoms with E-state index in [9.17, 15) is 0 Å². The zero-order valence-corrected chi connectivity index (χ0v) is 8.80. The zero-order valence-electron chi connectivity index (χ0n) is 7.17. The Morgan fingerprint density at radius 2 is 2.46 bits per heavy atom. The van der Waals surface area contributed by atoms with E-state index in [0.29, 0.717) is 11.3 Å². The first-order valence-corrected chi connectivity index (χ1v) is 5.76. The number of thioether (sulfide) groups is 1. The molecule has 0 amide bonds. The highest BCUT2D eigenvalue weighted by Gasteiger charge is 2.14. The second-order valence-electron chi connectivity index (χ2n) is 2.95. The van der Waals surface area contributed by atoms with E-state index < -0.39 is 0 Å². The summed E-state index contributed by atoms with van der Waals surface area (Å²) < 4.78 is 0.561. The molecular weight excluding hydrogens is 202 g/mol. The van der Waals surface area contributed by atoms with Crippen molar-refractivity contribution in [2.75, 3.05) is 5.75 Å². The number of nitrogens with one attached hydrogen (secondary N) is 1. The molecule has 1 aliphatic rings. The fraction of sp³-hybridized carbons (Fsp3) is 0.500. The summed E-state index contributed by atoms with van der Waals surface area (Å²) in [5.41, 5.74) is 9.08. The molecule has 1 aromatic rings. The van der Waals surface area contributed by atoms with Gasteiger partial charge in [0.1, 0.15) is 0 Å². The van der Waals surface area contributed by atoms with E-state index in [0.717, 1.165) is 23.6 Å². The van der Waals surface area contributed by atoms with Crippen molar-refractivity contribution in [3.63, 3.8) is 0 Å². The molecule has 5 heteroatoms. The van der Waals surface area contributed by atoms with Crippen LogP contribution in [0.4, 0.5) is 0 Å². The van der Waals surface area contributed by atoms with Crippen molar-refractivity contribution in [2.24, 2.45) is 5.73 Å². The minimum Gasteiger partial charge on any atom is -0.334 e. The van der Waals surface area contributed by atoms with Crippen molar-refractivity contribution in [3.8, 4) is 0 Å². The molecule has 70 valence electrons. The van der Waals surface area contributed by atoms with Gasteiger partial charge in [0.15, 0.2) is 4.77 Å². The fourth-order valence-electron chi connectivity index (χ4n) is 1.50. The molecule has 0 spiro atoms. The Morgan fingerprint density at radius 1 is 1.62 bits per heavy atom. The fourth-order valence-corrected chi connectivity index (χ4v) is 2.77. The van der Waals surface area contributed by atoms with E-state index in [2.05, 4.69) is 9.97 Å². The van der Waals surface area contributed by atoms with E-state index in [-0.39, 0.29) is 0 Å². The normalized spacial score (nSPS) is 15.5. The van der Waals surface area contributed by atoms with Crippen LogP contribution >= 0.6 is 24.0 Å². The molecular formula is C8H11N3S2. The summed E-state index contributed by atoms with van der Waals surface area (Å²) in [5.74, 6) is 2.17. The maximum absolute atomic E-state index is 5.61. The molecule has 0 saturated carbocycles. The van der Waals surface area contributed by atoms with Crippen molar-refractivity contribution < 1.29 is 0 Å². The van der Waals surface area contributed by atoms with Crippen LogP contribution in [0.1, 0.15) is 17.0 Å². The van der Waals surface area contributed by atoms with Crippen molar-refractivity contribution in [1.82, 2.24) is 9.97 Å². The van der Waals surface area contributed by atoms with Gasteiger partial charge in [-0.1, -0.05) is 0 Å². The van der Waals surface area contributed by atoms with Crippen LogP contribution in [0, 0.1) is 4.77 Å². The maximum Gasteiger partial charge on any atom is 0.197 e. The standard InChI is InChI=1S/C8H11N3S2/c9-3-7-5-4-13-2-1-6(5)10-8(12)11-7/h1-4,9H2,(H,10,11,12). The molecule has 0 saturated heterocycles. The van der Waals surface area contributed by atoms with Crippen LogP contribution in [0.3, 0.4) is 0 Å². The number of fused-ring (bicyclic) bond motifs is 1. The summed E-state index contributed by atoms with van der Waals surface area (Å²) in [5, 5.41) is 0. The molecule has 1 aliphatic heterocycles. The molecule has 0 aromatic carbocycles. The third-order valence-electron chi connectivity index (χ3n) is 2.14. The lowest BCUT2D eigenvalue weighted by atomic mass is 10.1. The zero-order chi connectivity index (χ0) is 9.26. The summed E-state index contributed by atoms with van der Waals surface area (Å²) in [7, 11) is 0. The maximum atomic E-state index is 5.61. The lowest BCUT2D eigenvalue weighted by Crippen LogP contribution is -2.13. The molecule has 0 atom stereocenters. The van der Waals surface area contributed by atoms with Gasteiger partial charge >= 0.3 is 0 Å². The predicted molar refractivity (Wildman–Crippen MR) is 57.2 cm³/mol. The van der Waals surface area contributed by atoms with E-state index in [1.165, 1.54) is 11.3 Å². The van der Waals surface area contributed by atoms with Gasteiger partial charge in [-0.05, 0) is 24.4 Å². The van der Waals surface area contributed by atoms with Gasteiger partial charge in [-0.25, -0.2) is 4.98 Å². The van der Waals surface area contributed by atoms with Crippen molar-refractivity contribution in [1.29, 1.82) is 0 Å². The third kappa shape index (κ3) is 1.77. The summed E-state index contributed by atoms with van der Waals surface area (Å²) >= 11 is 6.95. The van der Waals surface area contributed by atoms with Crippen LogP contribution in [-0.4, -0.2) is 15.7 Å². The first-order valence-electron chi connectivity index (χ1n) is 4.20. The molecule has 3 nitrogen and oxygen atoms in total. The van der Waals surface area contributed by atoms with Crippen LogP contribution in [0.15, 0.2) is 0 Å². The molecule has 0 aliphatic carbocycles. The average Bonchev–Trinajstić information content (AvgIpc) is 2.16. The largest absolute Gasteiger partial charge is 0.334 e. The van der Waals surface area contributed by atoms with E-state index in [1.54, 1.807) is 0 Å².